The first-order valence-corrected chi connectivity index (χ1v) is 17.5. The first-order valence-electron chi connectivity index (χ1n) is 17.5. The molecule has 3 aliphatic rings. The normalized spacial score (nSPS) is 16.6. The third kappa shape index (κ3) is 8.15. The van der Waals surface area contributed by atoms with Crippen molar-refractivity contribution < 1.29 is 33.3 Å². The highest BCUT2D eigenvalue weighted by atomic mass is 16.7. The Morgan fingerprint density at radius 2 is 1.18 bits per heavy atom. The van der Waals surface area contributed by atoms with Gasteiger partial charge < -0.3 is 43.5 Å². The molecule has 0 bridgehead atoms. The van der Waals surface area contributed by atoms with Crippen LogP contribution in [0.2, 0.25) is 0 Å². The van der Waals surface area contributed by atoms with Crippen molar-refractivity contribution in [2.75, 3.05) is 27.4 Å². The quantitative estimate of drug-likeness (QED) is 0.234. The molecular weight excluding hydrogens is 656 g/mol. The van der Waals surface area contributed by atoms with E-state index in [0.717, 1.165) is 51.4 Å². The maximum absolute atomic E-state index is 12.8. The first kappa shape index (κ1) is 35.8. The lowest BCUT2D eigenvalue weighted by molar-refractivity contribution is -0.108. The first-order chi connectivity index (χ1) is 24.8. The second-order valence-corrected chi connectivity index (χ2v) is 13.0. The minimum atomic E-state index is -0.463. The molecule has 2 aromatic heterocycles. The van der Waals surface area contributed by atoms with Gasteiger partial charge in [0.15, 0.2) is 6.29 Å². The van der Waals surface area contributed by atoms with Crippen LogP contribution in [-0.2, 0) is 27.4 Å². The Labute approximate surface area is 294 Å². The molecule has 4 aromatic rings. The standard InChI is InChI=1S/C20H24N2O5.C18H20N2O4/c1-25-14-6-7-15-16(20(24)21-13-4-2-3-5-13)11-18(23)22(17(15)10-14)12-19-26-8-9-27-19;1-24-13-6-7-14-15(18(23)19-12-4-2-3-5-12)11-17(22)20(8-9-21)16(14)10-13/h6-7,10-11,13,19H,2-5,8-9,12H2,1H3,(H,21,24);6-7,9-12H,2-5,8H2,1H3,(H,19,23). The van der Waals surface area contributed by atoms with Crippen LogP contribution in [0.3, 0.4) is 0 Å². The summed E-state index contributed by atoms with van der Waals surface area (Å²) in [5, 5.41) is 7.42. The summed E-state index contributed by atoms with van der Waals surface area (Å²) in [6.45, 7) is 1.24. The highest BCUT2D eigenvalue weighted by Gasteiger charge is 2.24. The zero-order valence-corrected chi connectivity index (χ0v) is 29.0. The molecule has 1 aliphatic heterocycles. The highest BCUT2D eigenvalue weighted by molar-refractivity contribution is 6.07. The van der Waals surface area contributed by atoms with E-state index >= 15 is 0 Å². The summed E-state index contributed by atoms with van der Waals surface area (Å²) in [7, 11) is 3.10. The van der Waals surface area contributed by atoms with Crippen LogP contribution in [0.5, 0.6) is 11.5 Å². The number of hydrogen-bond donors (Lipinski definition) is 2. The van der Waals surface area contributed by atoms with Crippen LogP contribution in [-0.4, -0.2) is 73.0 Å². The molecule has 2 amide bonds. The van der Waals surface area contributed by atoms with E-state index in [2.05, 4.69) is 10.6 Å². The van der Waals surface area contributed by atoms with Gasteiger partial charge in [0.25, 0.3) is 22.9 Å². The molecule has 3 fully saturated rings. The molecule has 0 unspecified atom stereocenters. The fourth-order valence-electron chi connectivity index (χ4n) is 7.13. The Kier molecular flexibility index (Phi) is 11.5. The van der Waals surface area contributed by atoms with Gasteiger partial charge in [-0.2, -0.15) is 0 Å². The third-order valence-electron chi connectivity index (χ3n) is 9.79. The molecule has 270 valence electrons. The van der Waals surface area contributed by atoms with Crippen LogP contribution in [0.15, 0.2) is 58.1 Å². The van der Waals surface area contributed by atoms with Crippen molar-refractivity contribution in [1.29, 1.82) is 0 Å². The van der Waals surface area contributed by atoms with E-state index in [4.69, 9.17) is 18.9 Å². The van der Waals surface area contributed by atoms with Gasteiger partial charge in [-0.3, -0.25) is 19.2 Å². The number of pyridine rings is 2. The molecule has 7 rings (SSSR count). The summed E-state index contributed by atoms with van der Waals surface area (Å²) < 4.78 is 24.4. The van der Waals surface area contributed by atoms with Crippen molar-refractivity contribution in [2.45, 2.75) is 82.8 Å². The van der Waals surface area contributed by atoms with E-state index in [-0.39, 0.29) is 48.1 Å². The number of nitrogens with one attached hydrogen (secondary N) is 2. The second-order valence-electron chi connectivity index (χ2n) is 13.0. The number of methoxy groups -OCH3 is 2. The van der Waals surface area contributed by atoms with E-state index in [1.807, 2.05) is 6.07 Å². The van der Waals surface area contributed by atoms with E-state index in [1.54, 1.807) is 42.0 Å². The van der Waals surface area contributed by atoms with Gasteiger partial charge in [0.2, 0.25) is 0 Å². The number of hydrogen-bond acceptors (Lipinski definition) is 9. The molecule has 13 nitrogen and oxygen atoms in total. The Balaban J connectivity index is 0.000000177. The minimum absolute atomic E-state index is 0.0625. The Bertz CT molecular complexity index is 2020. The number of benzene rings is 2. The van der Waals surface area contributed by atoms with E-state index in [9.17, 15) is 24.0 Å². The highest BCUT2D eigenvalue weighted by Crippen LogP contribution is 2.26. The maximum atomic E-state index is 12.8. The monoisotopic (exact) mass is 700 g/mol. The molecular formula is C38H44N4O9. The molecule has 2 saturated carbocycles. The number of rotatable bonds is 10. The van der Waals surface area contributed by atoms with Crippen molar-refractivity contribution in [3.63, 3.8) is 0 Å². The summed E-state index contributed by atoms with van der Waals surface area (Å²) in [4.78, 5) is 61.6. The number of amides is 2. The Morgan fingerprint density at radius 3 is 1.63 bits per heavy atom. The van der Waals surface area contributed by atoms with Crippen molar-refractivity contribution in [3.8, 4) is 11.5 Å². The van der Waals surface area contributed by atoms with Crippen LogP contribution in [0.4, 0.5) is 0 Å². The van der Waals surface area contributed by atoms with Gasteiger partial charge in [0.05, 0.1) is 62.7 Å². The average molecular weight is 701 g/mol. The molecule has 2 aliphatic carbocycles. The number of carbonyl (C=O) groups excluding carboxylic acids is 3. The lowest BCUT2D eigenvalue weighted by Gasteiger charge is -2.18. The average Bonchev–Trinajstić information content (AvgIpc) is 3.96. The topological polar surface area (TPSA) is 156 Å². The Morgan fingerprint density at radius 1 is 0.725 bits per heavy atom. The molecule has 3 heterocycles. The molecule has 0 atom stereocenters. The van der Waals surface area contributed by atoms with Crippen LogP contribution < -0.4 is 31.2 Å². The lowest BCUT2D eigenvalue weighted by Crippen LogP contribution is -2.34. The van der Waals surface area contributed by atoms with Crippen molar-refractivity contribution in [3.05, 3.63) is 80.4 Å². The largest absolute Gasteiger partial charge is 0.497 e. The van der Waals surface area contributed by atoms with Crippen LogP contribution >= 0.6 is 0 Å². The molecule has 0 radical (unpaired) electrons. The minimum Gasteiger partial charge on any atom is -0.497 e. The molecule has 1 saturated heterocycles. The molecule has 2 aromatic carbocycles. The number of fused-ring (bicyclic) bond motifs is 2. The fourth-order valence-corrected chi connectivity index (χ4v) is 7.13. The number of ether oxygens (including phenoxy) is 4. The smallest absolute Gasteiger partial charge is 0.252 e. The summed E-state index contributed by atoms with van der Waals surface area (Å²) in [5.41, 5.74) is 1.26. The third-order valence-corrected chi connectivity index (χ3v) is 9.79. The van der Waals surface area contributed by atoms with Crippen molar-refractivity contribution in [1.82, 2.24) is 19.8 Å². The number of aldehydes is 1. The van der Waals surface area contributed by atoms with Gasteiger partial charge >= 0.3 is 0 Å². The van der Waals surface area contributed by atoms with E-state index in [1.165, 1.54) is 23.8 Å². The van der Waals surface area contributed by atoms with Crippen molar-refractivity contribution in [2.24, 2.45) is 0 Å². The molecule has 2 N–H and O–H groups in total. The van der Waals surface area contributed by atoms with Gasteiger partial charge in [0, 0.05) is 47.1 Å². The van der Waals surface area contributed by atoms with Crippen molar-refractivity contribution >= 4 is 39.9 Å². The summed E-state index contributed by atoms with van der Waals surface area (Å²) in [6.07, 6.45) is 8.62. The molecule has 0 spiro atoms. The fraction of sp³-hybridized carbons (Fsp3) is 0.447. The Hall–Kier alpha value is -5.01. The lowest BCUT2D eigenvalue weighted by atomic mass is 10.1. The summed E-state index contributed by atoms with van der Waals surface area (Å²) in [5.74, 6) is 0.745. The zero-order valence-electron chi connectivity index (χ0n) is 29.0. The zero-order chi connectivity index (χ0) is 35.9. The molecule has 51 heavy (non-hydrogen) atoms. The van der Waals surface area contributed by atoms with Gasteiger partial charge in [-0.25, -0.2) is 0 Å². The van der Waals surface area contributed by atoms with Gasteiger partial charge in [-0.1, -0.05) is 25.7 Å². The predicted octanol–water partition coefficient (Wildman–Crippen LogP) is 3.94. The van der Waals surface area contributed by atoms with Gasteiger partial charge in [-0.15, -0.1) is 0 Å². The SMILES string of the molecule is COc1ccc2c(C(=O)NC3CCCC3)cc(=O)n(CC3OCCO3)c2c1.COc1ccc2c(C(=O)NC3CCCC3)cc(=O)n(CC=O)c2c1. The number of nitrogens with zero attached hydrogens (tertiary/aromatic N) is 2. The van der Waals surface area contributed by atoms with Crippen LogP contribution in [0, 0.1) is 0 Å². The predicted molar refractivity (Wildman–Crippen MR) is 191 cm³/mol. The number of carbonyl (C=O) groups is 3. The number of aromatic nitrogens is 2. The van der Waals surface area contributed by atoms with Gasteiger partial charge in [0.1, 0.15) is 17.8 Å². The van der Waals surface area contributed by atoms with Gasteiger partial charge in [-0.05, 0) is 49.9 Å². The maximum Gasteiger partial charge on any atom is 0.252 e. The second kappa shape index (κ2) is 16.3. The van der Waals surface area contributed by atoms with Crippen LogP contribution in [0.1, 0.15) is 72.1 Å². The van der Waals surface area contributed by atoms with Crippen LogP contribution in [0.25, 0.3) is 21.8 Å². The van der Waals surface area contributed by atoms with E-state index in [0.29, 0.717) is 63.9 Å². The summed E-state index contributed by atoms with van der Waals surface area (Å²) in [6, 6.07) is 13.6. The molecule has 13 heteroatoms. The van der Waals surface area contributed by atoms with E-state index < -0.39 is 6.29 Å². The summed E-state index contributed by atoms with van der Waals surface area (Å²) >= 11 is 0.